The normalized spacial score (nSPS) is 30.6. The van der Waals surface area contributed by atoms with Gasteiger partial charge < -0.3 is 15.5 Å². The Bertz CT molecular complexity index is 189. The highest BCUT2D eigenvalue weighted by Crippen LogP contribution is 2.10. The number of amides is 1. The zero-order valence-electron chi connectivity index (χ0n) is 7.88. The molecule has 2 fully saturated rings. The molecule has 1 unspecified atom stereocenters. The summed E-state index contributed by atoms with van der Waals surface area (Å²) in [5, 5.41) is 6.44. The van der Waals surface area contributed by atoms with Crippen LogP contribution in [-0.4, -0.2) is 49.6 Å². The molecule has 0 radical (unpaired) electrons. The summed E-state index contributed by atoms with van der Waals surface area (Å²) in [4.78, 5) is 13.7. The van der Waals surface area contributed by atoms with Crippen LogP contribution in [0.3, 0.4) is 0 Å². The molecule has 0 aromatic carbocycles. The third-order valence-electron chi connectivity index (χ3n) is 2.82. The van der Waals surface area contributed by atoms with E-state index < -0.39 is 0 Å². The fourth-order valence-electron chi connectivity index (χ4n) is 2.09. The van der Waals surface area contributed by atoms with Gasteiger partial charge in [0.15, 0.2) is 0 Å². The van der Waals surface area contributed by atoms with Crippen LogP contribution in [0.4, 0.5) is 0 Å². The van der Waals surface area contributed by atoms with E-state index >= 15 is 0 Å². The highest BCUT2D eigenvalue weighted by Gasteiger charge is 2.26. The Morgan fingerprint density at radius 2 is 2.23 bits per heavy atom. The van der Waals surface area contributed by atoms with Crippen molar-refractivity contribution in [2.24, 2.45) is 0 Å². The smallest absolute Gasteiger partial charge is 0.236 e. The summed E-state index contributed by atoms with van der Waals surface area (Å²) in [5.74, 6) is 0.270. The lowest BCUT2D eigenvalue weighted by Gasteiger charge is -2.26. The molecule has 4 heteroatoms. The van der Waals surface area contributed by atoms with Gasteiger partial charge in [-0.3, -0.25) is 4.79 Å². The van der Waals surface area contributed by atoms with Crippen LogP contribution in [0.15, 0.2) is 0 Å². The van der Waals surface area contributed by atoms with Gasteiger partial charge in [0.25, 0.3) is 0 Å². The maximum atomic E-state index is 11.6. The van der Waals surface area contributed by atoms with E-state index in [1.807, 2.05) is 4.90 Å². The van der Waals surface area contributed by atoms with Crippen LogP contribution in [0.1, 0.15) is 12.8 Å². The van der Waals surface area contributed by atoms with Gasteiger partial charge >= 0.3 is 0 Å². The molecular formula is C9H17N3O. The summed E-state index contributed by atoms with van der Waals surface area (Å²) < 4.78 is 0. The average molecular weight is 183 g/mol. The molecule has 2 aliphatic rings. The Kier molecular flexibility index (Phi) is 2.80. The maximum absolute atomic E-state index is 11.6. The quantitative estimate of drug-likeness (QED) is 0.558. The Balaban J connectivity index is 1.97. The minimum Gasteiger partial charge on any atom is -0.337 e. The van der Waals surface area contributed by atoms with E-state index in [-0.39, 0.29) is 5.91 Å². The molecular weight excluding hydrogens is 166 g/mol. The molecule has 0 bridgehead atoms. The van der Waals surface area contributed by atoms with E-state index in [0.717, 1.165) is 39.0 Å². The SMILES string of the molecule is O=C1CNCCCN1C1CCNC1. The van der Waals surface area contributed by atoms with Gasteiger partial charge in [-0.2, -0.15) is 0 Å². The summed E-state index contributed by atoms with van der Waals surface area (Å²) in [6, 6.07) is 0.451. The summed E-state index contributed by atoms with van der Waals surface area (Å²) >= 11 is 0. The van der Waals surface area contributed by atoms with Crippen molar-refractivity contribution < 1.29 is 4.79 Å². The van der Waals surface area contributed by atoms with E-state index in [1.54, 1.807) is 0 Å². The largest absolute Gasteiger partial charge is 0.337 e. The Morgan fingerprint density at radius 1 is 1.31 bits per heavy atom. The van der Waals surface area contributed by atoms with E-state index in [1.165, 1.54) is 0 Å². The highest BCUT2D eigenvalue weighted by molar-refractivity contribution is 5.78. The second-order valence-corrected chi connectivity index (χ2v) is 3.76. The first-order valence-corrected chi connectivity index (χ1v) is 5.09. The summed E-state index contributed by atoms with van der Waals surface area (Å²) in [5.41, 5.74) is 0. The third-order valence-corrected chi connectivity index (χ3v) is 2.82. The monoisotopic (exact) mass is 183 g/mol. The van der Waals surface area contributed by atoms with Crippen LogP contribution in [0.2, 0.25) is 0 Å². The molecule has 0 saturated carbocycles. The average Bonchev–Trinajstić information content (AvgIpc) is 2.56. The maximum Gasteiger partial charge on any atom is 0.236 e. The summed E-state index contributed by atoms with van der Waals surface area (Å²) in [7, 11) is 0. The predicted molar refractivity (Wildman–Crippen MR) is 50.5 cm³/mol. The first kappa shape index (κ1) is 8.97. The summed E-state index contributed by atoms with van der Waals surface area (Å²) in [6.45, 7) is 4.46. The molecule has 1 amide bonds. The number of carbonyl (C=O) groups excluding carboxylic acids is 1. The molecule has 4 nitrogen and oxygen atoms in total. The number of carbonyl (C=O) groups is 1. The number of hydrogen-bond donors (Lipinski definition) is 2. The van der Waals surface area contributed by atoms with Crippen molar-refractivity contribution in [1.82, 2.24) is 15.5 Å². The summed E-state index contributed by atoms with van der Waals surface area (Å²) in [6.07, 6.45) is 2.20. The number of rotatable bonds is 1. The van der Waals surface area contributed by atoms with Gasteiger partial charge in [-0.1, -0.05) is 0 Å². The first-order valence-electron chi connectivity index (χ1n) is 5.09. The van der Waals surface area contributed by atoms with Crippen LogP contribution in [0.5, 0.6) is 0 Å². The fourth-order valence-corrected chi connectivity index (χ4v) is 2.09. The van der Waals surface area contributed by atoms with E-state index in [2.05, 4.69) is 10.6 Å². The Hall–Kier alpha value is -0.610. The van der Waals surface area contributed by atoms with Crippen molar-refractivity contribution in [2.45, 2.75) is 18.9 Å². The van der Waals surface area contributed by atoms with Crippen molar-refractivity contribution >= 4 is 5.91 Å². The van der Waals surface area contributed by atoms with Crippen molar-refractivity contribution in [3.05, 3.63) is 0 Å². The van der Waals surface area contributed by atoms with Gasteiger partial charge in [-0.15, -0.1) is 0 Å². The molecule has 0 aromatic heterocycles. The molecule has 0 aliphatic carbocycles. The standard InChI is InChI=1S/C9H17N3O/c13-9-7-10-3-1-5-12(9)8-2-4-11-6-8/h8,10-11H,1-7H2. The zero-order valence-corrected chi connectivity index (χ0v) is 7.88. The molecule has 2 aliphatic heterocycles. The van der Waals surface area contributed by atoms with Gasteiger partial charge in [-0.25, -0.2) is 0 Å². The number of nitrogens with one attached hydrogen (secondary N) is 2. The van der Waals surface area contributed by atoms with E-state index in [4.69, 9.17) is 0 Å². The van der Waals surface area contributed by atoms with Crippen molar-refractivity contribution in [2.75, 3.05) is 32.7 Å². The Morgan fingerprint density at radius 3 is 3.00 bits per heavy atom. The van der Waals surface area contributed by atoms with E-state index in [0.29, 0.717) is 12.6 Å². The topological polar surface area (TPSA) is 44.4 Å². The van der Waals surface area contributed by atoms with Crippen LogP contribution < -0.4 is 10.6 Å². The predicted octanol–water partition coefficient (Wildman–Crippen LogP) is -0.830. The van der Waals surface area contributed by atoms with Crippen LogP contribution in [0.25, 0.3) is 0 Å². The van der Waals surface area contributed by atoms with Gasteiger partial charge in [0.05, 0.1) is 6.54 Å². The van der Waals surface area contributed by atoms with Crippen LogP contribution >= 0.6 is 0 Å². The molecule has 0 aromatic rings. The van der Waals surface area contributed by atoms with Gasteiger partial charge in [-0.05, 0) is 25.9 Å². The molecule has 2 rings (SSSR count). The second-order valence-electron chi connectivity index (χ2n) is 3.76. The zero-order chi connectivity index (χ0) is 9.10. The molecule has 74 valence electrons. The van der Waals surface area contributed by atoms with Crippen molar-refractivity contribution in [3.8, 4) is 0 Å². The fraction of sp³-hybridized carbons (Fsp3) is 0.889. The second kappa shape index (κ2) is 4.07. The molecule has 0 spiro atoms. The molecule has 1 atom stereocenters. The van der Waals surface area contributed by atoms with Crippen molar-refractivity contribution in [1.29, 1.82) is 0 Å². The Labute approximate surface area is 78.7 Å². The van der Waals surface area contributed by atoms with Crippen LogP contribution in [0, 0.1) is 0 Å². The lowest BCUT2D eigenvalue weighted by atomic mass is 10.2. The number of hydrogen-bond acceptors (Lipinski definition) is 3. The third kappa shape index (κ3) is 2.00. The van der Waals surface area contributed by atoms with Crippen LogP contribution in [-0.2, 0) is 4.79 Å². The van der Waals surface area contributed by atoms with Gasteiger partial charge in [0.2, 0.25) is 5.91 Å². The minimum absolute atomic E-state index is 0.270. The molecule has 13 heavy (non-hydrogen) atoms. The molecule has 2 saturated heterocycles. The molecule has 2 heterocycles. The first-order chi connectivity index (χ1) is 6.38. The number of nitrogens with zero attached hydrogens (tertiary/aromatic N) is 1. The molecule has 2 N–H and O–H groups in total. The van der Waals surface area contributed by atoms with Gasteiger partial charge in [0.1, 0.15) is 0 Å². The minimum atomic E-state index is 0.270. The lowest BCUT2D eigenvalue weighted by molar-refractivity contribution is -0.131. The van der Waals surface area contributed by atoms with Crippen molar-refractivity contribution in [3.63, 3.8) is 0 Å². The highest BCUT2D eigenvalue weighted by atomic mass is 16.2. The van der Waals surface area contributed by atoms with E-state index in [9.17, 15) is 4.79 Å². The van der Waals surface area contributed by atoms with Gasteiger partial charge in [0, 0.05) is 19.1 Å². The lowest BCUT2D eigenvalue weighted by Crippen LogP contribution is -2.43.